The summed E-state index contributed by atoms with van der Waals surface area (Å²) in [5, 5.41) is 16.4. The van der Waals surface area contributed by atoms with E-state index in [1.54, 1.807) is 10.9 Å². The maximum absolute atomic E-state index is 12.7. The van der Waals surface area contributed by atoms with Gasteiger partial charge in [-0.3, -0.25) is 9.59 Å². The molecule has 0 saturated heterocycles. The Labute approximate surface area is 140 Å². The van der Waals surface area contributed by atoms with Crippen LogP contribution in [-0.4, -0.2) is 32.3 Å². The van der Waals surface area contributed by atoms with E-state index in [2.05, 4.69) is 10.4 Å². The Morgan fingerprint density at radius 2 is 1.92 bits per heavy atom. The van der Waals surface area contributed by atoms with Gasteiger partial charge in [0.05, 0.1) is 35.1 Å². The third-order valence-corrected chi connectivity index (χ3v) is 4.68. The Kier molecular flexibility index (Phi) is 4.38. The highest BCUT2D eigenvalue weighted by atomic mass is 16.4. The van der Waals surface area contributed by atoms with Crippen LogP contribution in [0, 0.1) is 6.92 Å². The lowest BCUT2D eigenvalue weighted by molar-refractivity contribution is -0.138. The van der Waals surface area contributed by atoms with E-state index in [9.17, 15) is 9.59 Å². The Hall–Kier alpha value is -2.63. The molecule has 2 N–H and O–H groups in total. The van der Waals surface area contributed by atoms with Gasteiger partial charge in [-0.1, -0.05) is 31.0 Å². The fraction of sp³-hybridized carbons (Fsp3) is 0.389. The van der Waals surface area contributed by atoms with Crippen molar-refractivity contribution in [2.24, 2.45) is 0 Å². The summed E-state index contributed by atoms with van der Waals surface area (Å²) in [5.74, 6) is -1.13. The first kappa shape index (κ1) is 16.2. The van der Waals surface area contributed by atoms with Crippen LogP contribution in [0.2, 0.25) is 0 Å². The number of hydrogen-bond donors (Lipinski definition) is 2. The van der Waals surface area contributed by atoms with Crippen LogP contribution in [0.1, 0.15) is 48.2 Å². The lowest BCUT2D eigenvalue weighted by Crippen LogP contribution is -2.47. The summed E-state index contributed by atoms with van der Waals surface area (Å²) < 4.78 is 1.72. The third kappa shape index (κ3) is 3.18. The average molecular weight is 327 g/mol. The zero-order chi connectivity index (χ0) is 17.2. The van der Waals surface area contributed by atoms with Gasteiger partial charge < -0.3 is 10.4 Å². The van der Waals surface area contributed by atoms with Gasteiger partial charge in [0.2, 0.25) is 0 Å². The quantitative estimate of drug-likeness (QED) is 0.884. The van der Waals surface area contributed by atoms with Gasteiger partial charge in [-0.05, 0) is 31.9 Å². The summed E-state index contributed by atoms with van der Waals surface area (Å²) in [6.07, 6.45) is 4.80. The first-order valence-corrected chi connectivity index (χ1v) is 8.15. The molecule has 1 aliphatic carbocycles. The highest BCUT2D eigenvalue weighted by Gasteiger charge is 2.38. The molecule has 0 unspecified atom stereocenters. The van der Waals surface area contributed by atoms with Crippen LogP contribution in [0.5, 0.6) is 0 Å². The topological polar surface area (TPSA) is 84.2 Å². The van der Waals surface area contributed by atoms with Crippen molar-refractivity contribution in [2.45, 2.75) is 44.6 Å². The summed E-state index contributed by atoms with van der Waals surface area (Å²) in [6.45, 7) is 1.84. The van der Waals surface area contributed by atoms with Crippen LogP contribution in [0.15, 0.2) is 36.5 Å². The monoisotopic (exact) mass is 327 g/mol. The number of aliphatic carboxylic acids is 1. The average Bonchev–Trinajstić information content (AvgIpc) is 3.14. The van der Waals surface area contributed by atoms with Crippen molar-refractivity contribution in [3.05, 3.63) is 47.8 Å². The van der Waals surface area contributed by atoms with Crippen molar-refractivity contribution in [3.63, 3.8) is 0 Å². The van der Waals surface area contributed by atoms with Gasteiger partial charge >= 0.3 is 5.97 Å². The normalized spacial score (nSPS) is 16.0. The molecule has 0 radical (unpaired) electrons. The van der Waals surface area contributed by atoms with E-state index in [1.807, 2.05) is 37.3 Å². The van der Waals surface area contributed by atoms with Gasteiger partial charge in [0.1, 0.15) is 0 Å². The van der Waals surface area contributed by atoms with E-state index >= 15 is 0 Å². The highest BCUT2D eigenvalue weighted by Crippen LogP contribution is 2.33. The van der Waals surface area contributed by atoms with Crippen LogP contribution < -0.4 is 5.32 Å². The van der Waals surface area contributed by atoms with Crippen LogP contribution in [0.4, 0.5) is 0 Å². The number of benzene rings is 1. The zero-order valence-electron chi connectivity index (χ0n) is 13.7. The lowest BCUT2D eigenvalue weighted by atomic mass is 9.92. The van der Waals surface area contributed by atoms with Gasteiger partial charge in [0.25, 0.3) is 5.91 Å². The third-order valence-electron chi connectivity index (χ3n) is 4.68. The Balaban J connectivity index is 1.83. The van der Waals surface area contributed by atoms with Crippen molar-refractivity contribution < 1.29 is 14.7 Å². The molecule has 6 heteroatoms. The van der Waals surface area contributed by atoms with E-state index < -0.39 is 11.5 Å². The molecular formula is C18H21N3O3. The Morgan fingerprint density at radius 1 is 1.25 bits per heavy atom. The van der Waals surface area contributed by atoms with Gasteiger partial charge in [-0.15, -0.1) is 0 Å². The molecule has 0 bridgehead atoms. The van der Waals surface area contributed by atoms with Gasteiger partial charge in [0, 0.05) is 0 Å². The molecule has 1 heterocycles. The molecular weight excluding hydrogens is 306 g/mol. The number of nitrogens with zero attached hydrogens (tertiary/aromatic N) is 2. The lowest BCUT2D eigenvalue weighted by Gasteiger charge is -2.28. The van der Waals surface area contributed by atoms with Gasteiger partial charge in [-0.25, -0.2) is 4.68 Å². The standard InChI is InChI=1S/C18H21N3O3/c1-13-15(12-19-21(13)14-7-3-2-4-8-14)17(24)20-18(11-16(22)23)9-5-6-10-18/h2-4,7-8,12H,5-6,9-11H2,1H3,(H,20,24)(H,22,23). The molecule has 126 valence electrons. The number of nitrogens with one attached hydrogen (secondary N) is 1. The number of carboxylic acid groups (broad SMARTS) is 1. The number of carbonyl (C=O) groups excluding carboxylic acids is 1. The van der Waals surface area contributed by atoms with Crippen LogP contribution in [-0.2, 0) is 4.79 Å². The molecule has 1 saturated carbocycles. The predicted molar refractivity (Wildman–Crippen MR) is 89.2 cm³/mol. The minimum absolute atomic E-state index is 0.0371. The zero-order valence-corrected chi connectivity index (χ0v) is 13.7. The fourth-order valence-corrected chi connectivity index (χ4v) is 3.46. The molecule has 1 aromatic carbocycles. The molecule has 0 atom stereocenters. The number of carboxylic acids is 1. The molecule has 0 spiro atoms. The molecule has 1 fully saturated rings. The second-order valence-corrected chi connectivity index (χ2v) is 6.40. The molecule has 1 aromatic heterocycles. The second kappa shape index (κ2) is 6.47. The van der Waals surface area contributed by atoms with Crippen molar-refractivity contribution in [1.29, 1.82) is 0 Å². The van der Waals surface area contributed by atoms with E-state index in [0.717, 1.165) is 24.2 Å². The fourth-order valence-electron chi connectivity index (χ4n) is 3.46. The maximum atomic E-state index is 12.7. The number of rotatable bonds is 5. The SMILES string of the molecule is Cc1c(C(=O)NC2(CC(=O)O)CCCC2)cnn1-c1ccccc1. The summed E-state index contributed by atoms with van der Waals surface area (Å²) in [4.78, 5) is 23.9. The smallest absolute Gasteiger partial charge is 0.305 e. The van der Waals surface area contributed by atoms with Gasteiger partial charge in [0.15, 0.2) is 0 Å². The number of carbonyl (C=O) groups is 2. The number of para-hydroxylation sites is 1. The Morgan fingerprint density at radius 3 is 2.54 bits per heavy atom. The van der Waals surface area contributed by atoms with E-state index in [0.29, 0.717) is 18.4 Å². The molecule has 1 amide bonds. The maximum Gasteiger partial charge on any atom is 0.305 e. The van der Waals surface area contributed by atoms with Crippen LogP contribution in [0.3, 0.4) is 0 Å². The highest BCUT2D eigenvalue weighted by molar-refractivity contribution is 5.96. The predicted octanol–water partition coefficient (Wildman–Crippen LogP) is 2.70. The Bertz CT molecular complexity index is 746. The number of amides is 1. The number of aromatic nitrogens is 2. The molecule has 6 nitrogen and oxygen atoms in total. The second-order valence-electron chi connectivity index (χ2n) is 6.40. The number of hydrogen-bond acceptors (Lipinski definition) is 3. The van der Waals surface area contributed by atoms with Crippen molar-refractivity contribution in [1.82, 2.24) is 15.1 Å². The van der Waals surface area contributed by atoms with Crippen LogP contribution >= 0.6 is 0 Å². The first-order valence-electron chi connectivity index (χ1n) is 8.15. The molecule has 2 aromatic rings. The molecule has 24 heavy (non-hydrogen) atoms. The molecule has 1 aliphatic rings. The summed E-state index contributed by atoms with van der Waals surface area (Å²) in [7, 11) is 0. The summed E-state index contributed by atoms with van der Waals surface area (Å²) in [6, 6.07) is 9.59. The van der Waals surface area contributed by atoms with Crippen molar-refractivity contribution in [2.75, 3.05) is 0 Å². The van der Waals surface area contributed by atoms with E-state index in [-0.39, 0.29) is 12.3 Å². The molecule has 0 aliphatic heterocycles. The van der Waals surface area contributed by atoms with Crippen molar-refractivity contribution in [3.8, 4) is 5.69 Å². The van der Waals surface area contributed by atoms with E-state index in [1.165, 1.54) is 0 Å². The van der Waals surface area contributed by atoms with E-state index in [4.69, 9.17) is 5.11 Å². The summed E-state index contributed by atoms with van der Waals surface area (Å²) in [5.41, 5.74) is 1.47. The first-order chi connectivity index (χ1) is 11.5. The largest absolute Gasteiger partial charge is 0.481 e. The van der Waals surface area contributed by atoms with Crippen molar-refractivity contribution >= 4 is 11.9 Å². The minimum Gasteiger partial charge on any atom is -0.481 e. The minimum atomic E-state index is -0.881. The van der Waals surface area contributed by atoms with Crippen LogP contribution in [0.25, 0.3) is 5.69 Å². The molecule has 3 rings (SSSR count). The van der Waals surface area contributed by atoms with Gasteiger partial charge in [-0.2, -0.15) is 5.10 Å². The summed E-state index contributed by atoms with van der Waals surface area (Å²) >= 11 is 0.